The fraction of sp³-hybridized carbons (Fsp3) is 0. The Balaban J connectivity index is 0.000000322. The molecule has 0 atom stereocenters. The fourth-order valence-electron chi connectivity index (χ4n) is 3.15. The van der Waals surface area contributed by atoms with Crippen LogP contribution in [-0.4, -0.2) is 48.8 Å². The van der Waals surface area contributed by atoms with Gasteiger partial charge in [-0.15, -0.1) is 0 Å². The molecule has 0 amide bonds. The number of carboxylic acids is 4. The quantitative estimate of drug-likeness (QED) is 0.234. The number of rotatable bonds is 5. The van der Waals surface area contributed by atoms with E-state index >= 15 is 0 Å². The number of carbonyl (C=O) groups excluding carboxylic acids is 4. The minimum Gasteiger partial charge on any atom is -0.543 e. The van der Waals surface area contributed by atoms with Crippen molar-refractivity contribution in [2.24, 2.45) is 0 Å². The van der Waals surface area contributed by atoms with Gasteiger partial charge in [-0.25, -0.2) is 8.78 Å². The third-order valence-corrected chi connectivity index (χ3v) is 5.39. The maximum Gasteiger partial charge on any atom is 0.185 e. The number of aromatic nitrogens is 5. The van der Waals surface area contributed by atoms with Gasteiger partial charge in [0.2, 0.25) is 0 Å². The second kappa shape index (κ2) is 23.6. The first-order valence-electron chi connectivity index (χ1n) is 13.9. The molecular formula is C35H23F2IrN5O8-4. The zero-order chi connectivity index (χ0) is 36.7. The van der Waals surface area contributed by atoms with Crippen molar-refractivity contribution >= 4 is 23.9 Å². The Morgan fingerprint density at radius 2 is 0.725 bits per heavy atom. The summed E-state index contributed by atoms with van der Waals surface area (Å²) in [5.41, 5.74) is 0.500. The summed E-state index contributed by atoms with van der Waals surface area (Å²) in [6.07, 6.45) is 6.88. The monoisotopic (exact) mass is 872 g/mol. The van der Waals surface area contributed by atoms with Crippen molar-refractivity contribution in [3.63, 3.8) is 0 Å². The SMILES string of the molecule is Fc1ccnc(-c2ccccc2)c1F.O=C([O-])c1ccccn1.O=C([O-])c1ccccn1.O=C([O-])c1ccccn1.O=C([O-])c1ccccn1.[Ir]. The van der Waals surface area contributed by atoms with Crippen molar-refractivity contribution in [2.45, 2.75) is 0 Å². The summed E-state index contributed by atoms with van der Waals surface area (Å²) >= 11 is 0. The van der Waals surface area contributed by atoms with Gasteiger partial charge in [-0.1, -0.05) is 54.6 Å². The fourth-order valence-corrected chi connectivity index (χ4v) is 3.15. The van der Waals surface area contributed by atoms with Crippen molar-refractivity contribution in [1.29, 1.82) is 0 Å². The first-order chi connectivity index (χ1) is 24.0. The van der Waals surface area contributed by atoms with Crippen molar-refractivity contribution in [3.05, 3.63) is 175 Å². The van der Waals surface area contributed by atoms with Crippen LogP contribution in [-0.2, 0) is 20.1 Å². The van der Waals surface area contributed by atoms with E-state index in [1.165, 1.54) is 55.2 Å². The maximum absolute atomic E-state index is 13.2. The molecule has 6 rings (SSSR count). The number of aromatic carboxylic acids is 4. The summed E-state index contributed by atoms with van der Waals surface area (Å²) in [5, 5.41) is 40.1. The normalized spacial score (nSPS) is 9.06. The molecule has 1 radical (unpaired) electrons. The van der Waals surface area contributed by atoms with E-state index in [2.05, 4.69) is 24.9 Å². The van der Waals surface area contributed by atoms with Crippen molar-refractivity contribution < 1.29 is 68.5 Å². The van der Waals surface area contributed by atoms with Crippen molar-refractivity contribution in [2.75, 3.05) is 0 Å². The van der Waals surface area contributed by atoms with Gasteiger partial charge in [0.1, 0.15) is 5.69 Å². The number of pyridine rings is 5. The molecule has 13 nitrogen and oxygen atoms in total. The Bertz CT molecular complexity index is 1740. The van der Waals surface area contributed by atoms with Crippen LogP contribution in [0.25, 0.3) is 11.3 Å². The maximum atomic E-state index is 13.2. The predicted molar refractivity (Wildman–Crippen MR) is 164 cm³/mol. The van der Waals surface area contributed by atoms with Gasteiger partial charge in [0.05, 0.1) is 46.7 Å². The van der Waals surface area contributed by atoms with Gasteiger partial charge in [-0.2, -0.15) is 0 Å². The van der Waals surface area contributed by atoms with Gasteiger partial charge in [0, 0.05) is 56.7 Å². The van der Waals surface area contributed by atoms with E-state index < -0.39 is 35.5 Å². The molecule has 5 aromatic heterocycles. The molecule has 16 heteroatoms. The average molecular weight is 872 g/mol. The minimum absolute atomic E-state index is 0. The number of nitrogens with zero attached hydrogens (tertiary/aromatic N) is 5. The molecule has 0 fully saturated rings. The first kappa shape index (κ1) is 42.4. The van der Waals surface area contributed by atoms with Gasteiger partial charge < -0.3 is 39.6 Å². The van der Waals surface area contributed by atoms with Gasteiger partial charge >= 0.3 is 0 Å². The molecule has 0 saturated heterocycles. The predicted octanol–water partition coefficient (Wildman–Crippen LogP) is 0.805. The molecule has 0 aliphatic carbocycles. The Morgan fingerprint density at radius 1 is 0.412 bits per heavy atom. The molecule has 6 aromatic rings. The van der Waals surface area contributed by atoms with Crippen LogP contribution in [0.5, 0.6) is 0 Å². The zero-order valence-electron chi connectivity index (χ0n) is 25.9. The van der Waals surface area contributed by atoms with Gasteiger partial charge in [-0.3, -0.25) is 24.9 Å². The van der Waals surface area contributed by atoms with E-state index in [-0.39, 0.29) is 48.6 Å². The van der Waals surface area contributed by atoms with Crippen LogP contribution in [0, 0.1) is 11.6 Å². The Morgan fingerprint density at radius 3 is 0.980 bits per heavy atom. The molecule has 0 aliphatic rings. The first-order valence-corrected chi connectivity index (χ1v) is 13.9. The summed E-state index contributed by atoms with van der Waals surface area (Å²) in [5.74, 6) is -6.74. The van der Waals surface area contributed by atoms with E-state index in [1.807, 2.05) is 0 Å². The van der Waals surface area contributed by atoms with Crippen molar-refractivity contribution in [3.8, 4) is 11.3 Å². The van der Waals surface area contributed by atoms with E-state index in [0.29, 0.717) is 5.56 Å². The third-order valence-electron chi connectivity index (χ3n) is 5.39. The van der Waals surface area contributed by atoms with Gasteiger partial charge in [0.15, 0.2) is 11.6 Å². The summed E-state index contributed by atoms with van der Waals surface area (Å²) in [7, 11) is 0. The van der Waals surface area contributed by atoms with E-state index in [9.17, 15) is 48.4 Å². The van der Waals surface area contributed by atoms with E-state index in [0.717, 1.165) is 6.07 Å². The number of benzene rings is 1. The third kappa shape index (κ3) is 16.3. The van der Waals surface area contributed by atoms with Crippen LogP contribution in [0.1, 0.15) is 42.0 Å². The minimum atomic E-state index is -1.24. The molecule has 263 valence electrons. The summed E-state index contributed by atoms with van der Waals surface area (Å²) in [4.78, 5) is 58.0. The molecule has 0 N–H and O–H groups in total. The molecule has 51 heavy (non-hydrogen) atoms. The summed E-state index contributed by atoms with van der Waals surface area (Å²) < 4.78 is 26.1. The van der Waals surface area contributed by atoms with Crippen LogP contribution in [0.3, 0.4) is 0 Å². The van der Waals surface area contributed by atoms with Crippen LogP contribution in [0.15, 0.2) is 140 Å². The topological polar surface area (TPSA) is 225 Å². The number of halogens is 2. The standard InChI is InChI=1S/C11H7F2N.4C6H5NO2.Ir/c12-9-6-7-14-11(10(9)13)8-4-2-1-3-5-8;4*8-6(9)5-3-1-2-4-7-5;/h1-7H;4*1-4H,(H,8,9);/p-4. The van der Waals surface area contributed by atoms with Crippen LogP contribution < -0.4 is 20.4 Å². The number of carboxylic acid groups (broad SMARTS) is 4. The Kier molecular flexibility index (Phi) is 19.7. The number of hydrogen-bond donors (Lipinski definition) is 0. The molecule has 1 aromatic carbocycles. The Hall–Kier alpha value is -6.64. The van der Waals surface area contributed by atoms with Crippen LogP contribution in [0.4, 0.5) is 8.78 Å². The molecule has 0 saturated carbocycles. The smallest absolute Gasteiger partial charge is 0.185 e. The molecular weight excluding hydrogens is 849 g/mol. The molecule has 0 spiro atoms. The molecule has 0 unspecified atom stereocenters. The van der Waals surface area contributed by atoms with Crippen LogP contribution >= 0.6 is 0 Å². The number of carbonyl (C=O) groups is 4. The zero-order valence-corrected chi connectivity index (χ0v) is 28.3. The second-order valence-electron chi connectivity index (χ2n) is 8.83. The van der Waals surface area contributed by atoms with Gasteiger partial charge in [0.25, 0.3) is 0 Å². The Labute approximate surface area is 302 Å². The molecule has 0 aliphatic heterocycles. The molecule has 5 heterocycles. The second-order valence-corrected chi connectivity index (χ2v) is 8.83. The van der Waals surface area contributed by atoms with E-state index in [1.54, 1.807) is 78.9 Å². The van der Waals surface area contributed by atoms with Crippen LogP contribution in [0.2, 0.25) is 0 Å². The number of hydrogen-bond acceptors (Lipinski definition) is 13. The van der Waals surface area contributed by atoms with Crippen molar-refractivity contribution in [1.82, 2.24) is 24.9 Å². The molecule has 0 bridgehead atoms. The summed E-state index contributed by atoms with van der Waals surface area (Å²) in [6.45, 7) is 0. The van der Waals surface area contributed by atoms with Gasteiger partial charge in [-0.05, 0) is 54.6 Å². The van der Waals surface area contributed by atoms with E-state index in [4.69, 9.17) is 0 Å². The largest absolute Gasteiger partial charge is 0.543 e. The summed E-state index contributed by atoms with van der Waals surface area (Å²) in [6, 6.07) is 28.2. The average Bonchev–Trinajstić information content (AvgIpc) is 3.15.